The molecule has 0 atom stereocenters. The van der Waals surface area contributed by atoms with Crippen molar-refractivity contribution in [2.24, 2.45) is 4.99 Å². The van der Waals surface area contributed by atoms with Crippen LogP contribution in [0, 0.1) is 10.1 Å². The SMILES string of the molecule is O=[N+]([O-])c1ccc(C=NCCc2ccncc2)cc1. The van der Waals surface area contributed by atoms with Gasteiger partial charge in [0, 0.05) is 37.3 Å². The molecule has 0 fully saturated rings. The minimum Gasteiger partial charge on any atom is -0.292 e. The van der Waals surface area contributed by atoms with Gasteiger partial charge in [0.05, 0.1) is 4.92 Å². The summed E-state index contributed by atoms with van der Waals surface area (Å²) < 4.78 is 0. The minimum atomic E-state index is -0.412. The van der Waals surface area contributed by atoms with Crippen molar-refractivity contribution in [1.82, 2.24) is 4.98 Å². The van der Waals surface area contributed by atoms with Gasteiger partial charge < -0.3 is 0 Å². The number of rotatable bonds is 5. The fourth-order valence-electron chi connectivity index (χ4n) is 1.60. The molecule has 0 aliphatic heterocycles. The number of nitro groups is 1. The monoisotopic (exact) mass is 255 g/mol. The highest BCUT2D eigenvalue weighted by molar-refractivity contribution is 5.79. The Morgan fingerprint density at radius 1 is 1.16 bits per heavy atom. The average Bonchev–Trinajstić information content (AvgIpc) is 2.45. The second kappa shape index (κ2) is 6.39. The van der Waals surface area contributed by atoms with Gasteiger partial charge in [0.1, 0.15) is 0 Å². The lowest BCUT2D eigenvalue weighted by atomic mass is 10.2. The van der Waals surface area contributed by atoms with Gasteiger partial charge in [0.2, 0.25) is 0 Å². The molecule has 0 N–H and O–H groups in total. The summed E-state index contributed by atoms with van der Waals surface area (Å²) in [6.07, 6.45) is 6.10. The maximum absolute atomic E-state index is 10.5. The molecular weight excluding hydrogens is 242 g/mol. The summed E-state index contributed by atoms with van der Waals surface area (Å²) in [7, 11) is 0. The van der Waals surface area contributed by atoms with Gasteiger partial charge in [0.25, 0.3) is 5.69 Å². The Labute approximate surface area is 110 Å². The molecule has 1 heterocycles. The Morgan fingerprint density at radius 3 is 2.47 bits per heavy atom. The van der Waals surface area contributed by atoms with E-state index in [0.29, 0.717) is 6.54 Å². The van der Waals surface area contributed by atoms with Gasteiger partial charge in [-0.3, -0.25) is 20.1 Å². The molecule has 5 nitrogen and oxygen atoms in total. The van der Waals surface area contributed by atoms with Crippen LogP contribution in [-0.2, 0) is 6.42 Å². The smallest absolute Gasteiger partial charge is 0.269 e. The second-order valence-corrected chi connectivity index (χ2v) is 3.99. The van der Waals surface area contributed by atoms with Crippen molar-refractivity contribution in [1.29, 1.82) is 0 Å². The molecule has 0 aliphatic carbocycles. The molecule has 0 bridgehead atoms. The molecule has 96 valence electrons. The molecule has 1 aromatic heterocycles. The molecular formula is C14H13N3O2. The lowest BCUT2D eigenvalue weighted by molar-refractivity contribution is -0.384. The first-order valence-electron chi connectivity index (χ1n) is 5.89. The molecule has 0 saturated heterocycles. The molecule has 0 spiro atoms. The normalized spacial score (nSPS) is 10.7. The Hall–Kier alpha value is -2.56. The highest BCUT2D eigenvalue weighted by Crippen LogP contribution is 2.10. The van der Waals surface area contributed by atoms with Gasteiger partial charge in [0.15, 0.2) is 0 Å². The molecule has 2 rings (SSSR count). The lowest BCUT2D eigenvalue weighted by Crippen LogP contribution is -1.91. The molecule has 0 saturated carbocycles. The van der Waals surface area contributed by atoms with E-state index in [1.165, 1.54) is 17.7 Å². The van der Waals surface area contributed by atoms with Gasteiger partial charge in [-0.25, -0.2) is 0 Å². The van der Waals surface area contributed by atoms with Crippen LogP contribution < -0.4 is 0 Å². The van der Waals surface area contributed by atoms with Crippen LogP contribution in [-0.4, -0.2) is 22.7 Å². The Kier molecular flexibility index (Phi) is 4.34. The summed E-state index contributed by atoms with van der Waals surface area (Å²) >= 11 is 0. The maximum Gasteiger partial charge on any atom is 0.269 e. The number of nitrogens with zero attached hydrogens (tertiary/aromatic N) is 3. The van der Waals surface area contributed by atoms with Gasteiger partial charge in [-0.1, -0.05) is 0 Å². The van der Waals surface area contributed by atoms with Crippen molar-refractivity contribution in [2.45, 2.75) is 6.42 Å². The van der Waals surface area contributed by atoms with E-state index in [1.807, 2.05) is 12.1 Å². The molecule has 2 aromatic rings. The van der Waals surface area contributed by atoms with E-state index in [4.69, 9.17) is 0 Å². The fourth-order valence-corrected chi connectivity index (χ4v) is 1.60. The van der Waals surface area contributed by atoms with E-state index in [1.54, 1.807) is 30.7 Å². The maximum atomic E-state index is 10.5. The number of aromatic nitrogens is 1. The van der Waals surface area contributed by atoms with Crippen molar-refractivity contribution in [3.8, 4) is 0 Å². The third-order valence-corrected chi connectivity index (χ3v) is 2.62. The predicted octanol–water partition coefficient (Wildman–Crippen LogP) is 2.65. The summed E-state index contributed by atoms with van der Waals surface area (Å²) in [5.74, 6) is 0. The predicted molar refractivity (Wildman–Crippen MR) is 73.5 cm³/mol. The van der Waals surface area contributed by atoms with E-state index in [-0.39, 0.29) is 5.69 Å². The Bertz CT molecular complexity index is 565. The minimum absolute atomic E-state index is 0.0916. The number of pyridine rings is 1. The van der Waals surface area contributed by atoms with Crippen molar-refractivity contribution in [3.63, 3.8) is 0 Å². The zero-order valence-corrected chi connectivity index (χ0v) is 10.3. The van der Waals surface area contributed by atoms with Crippen molar-refractivity contribution >= 4 is 11.9 Å². The third kappa shape index (κ3) is 3.99. The van der Waals surface area contributed by atoms with E-state index in [9.17, 15) is 10.1 Å². The summed E-state index contributed by atoms with van der Waals surface area (Å²) in [4.78, 5) is 18.3. The Morgan fingerprint density at radius 2 is 1.84 bits per heavy atom. The highest BCUT2D eigenvalue weighted by Gasteiger charge is 2.02. The van der Waals surface area contributed by atoms with E-state index < -0.39 is 4.92 Å². The van der Waals surface area contributed by atoms with Crippen LogP contribution in [0.5, 0.6) is 0 Å². The van der Waals surface area contributed by atoms with Crippen LogP contribution in [0.1, 0.15) is 11.1 Å². The Balaban J connectivity index is 1.87. The molecule has 5 heteroatoms. The van der Waals surface area contributed by atoms with Gasteiger partial charge in [-0.05, 0) is 41.8 Å². The van der Waals surface area contributed by atoms with Crippen LogP contribution in [0.15, 0.2) is 53.8 Å². The first-order valence-corrected chi connectivity index (χ1v) is 5.89. The number of non-ortho nitro benzene ring substituents is 1. The largest absolute Gasteiger partial charge is 0.292 e. The lowest BCUT2D eigenvalue weighted by Gasteiger charge is -1.96. The molecule has 0 unspecified atom stereocenters. The van der Waals surface area contributed by atoms with Gasteiger partial charge >= 0.3 is 0 Å². The van der Waals surface area contributed by atoms with Gasteiger partial charge in [-0.2, -0.15) is 0 Å². The van der Waals surface area contributed by atoms with Crippen LogP contribution in [0.25, 0.3) is 0 Å². The number of hydrogen-bond acceptors (Lipinski definition) is 4. The van der Waals surface area contributed by atoms with E-state index >= 15 is 0 Å². The first kappa shape index (κ1) is 12.9. The highest BCUT2D eigenvalue weighted by atomic mass is 16.6. The molecule has 1 aromatic carbocycles. The van der Waals surface area contributed by atoms with Crippen molar-refractivity contribution in [2.75, 3.05) is 6.54 Å². The average molecular weight is 255 g/mol. The number of hydrogen-bond donors (Lipinski definition) is 0. The van der Waals surface area contributed by atoms with Crippen LogP contribution >= 0.6 is 0 Å². The van der Waals surface area contributed by atoms with E-state index in [0.717, 1.165) is 12.0 Å². The summed E-state index contributed by atoms with van der Waals surface area (Å²) in [5, 5.41) is 10.5. The number of nitro benzene ring substituents is 1. The zero-order valence-electron chi connectivity index (χ0n) is 10.3. The second-order valence-electron chi connectivity index (χ2n) is 3.99. The van der Waals surface area contributed by atoms with Gasteiger partial charge in [-0.15, -0.1) is 0 Å². The molecule has 0 amide bonds. The quantitative estimate of drug-likeness (QED) is 0.468. The first-order chi connectivity index (χ1) is 9.25. The molecule has 19 heavy (non-hydrogen) atoms. The van der Waals surface area contributed by atoms with Crippen molar-refractivity contribution in [3.05, 3.63) is 70.0 Å². The summed E-state index contributed by atoms with van der Waals surface area (Å²) in [6.45, 7) is 0.682. The molecule has 0 radical (unpaired) electrons. The summed E-state index contributed by atoms with van der Waals surface area (Å²) in [5.41, 5.74) is 2.14. The van der Waals surface area contributed by atoms with E-state index in [2.05, 4.69) is 9.98 Å². The third-order valence-electron chi connectivity index (χ3n) is 2.62. The number of benzene rings is 1. The van der Waals surface area contributed by atoms with Crippen molar-refractivity contribution < 1.29 is 4.92 Å². The van der Waals surface area contributed by atoms with Crippen LogP contribution in [0.2, 0.25) is 0 Å². The topological polar surface area (TPSA) is 68.4 Å². The van der Waals surface area contributed by atoms with Crippen LogP contribution in [0.3, 0.4) is 0 Å². The molecule has 0 aliphatic rings. The zero-order chi connectivity index (χ0) is 13.5. The van der Waals surface area contributed by atoms with Crippen LogP contribution in [0.4, 0.5) is 5.69 Å². The number of aliphatic imine (C=N–C) groups is 1. The fraction of sp³-hybridized carbons (Fsp3) is 0.143. The standard InChI is InChI=1S/C14H13N3O2/c18-17(19)14-3-1-13(2-4-14)11-16-10-7-12-5-8-15-9-6-12/h1-6,8-9,11H,7,10H2. The summed E-state index contributed by atoms with van der Waals surface area (Å²) in [6, 6.07) is 10.2.